The van der Waals surface area contributed by atoms with Gasteiger partial charge in [0, 0.05) is 4.88 Å². The van der Waals surface area contributed by atoms with Crippen LogP contribution in [0.3, 0.4) is 0 Å². The Bertz CT molecular complexity index is 442. The smallest absolute Gasteiger partial charge is 0.166 e. The first-order valence-electron chi connectivity index (χ1n) is 4.29. The van der Waals surface area contributed by atoms with E-state index < -0.39 is 11.7 Å². The third kappa shape index (κ3) is 2.04. The van der Waals surface area contributed by atoms with Gasteiger partial charge in [-0.1, -0.05) is 30.3 Å². The minimum absolute atomic E-state index is 0.281. The van der Waals surface area contributed by atoms with Crippen LogP contribution >= 0.6 is 11.3 Å². The summed E-state index contributed by atoms with van der Waals surface area (Å²) in [7, 11) is 0. The second-order valence-electron chi connectivity index (χ2n) is 3.03. The van der Waals surface area contributed by atoms with Gasteiger partial charge in [-0.05, 0) is 17.0 Å². The fourth-order valence-corrected chi connectivity index (χ4v) is 2.27. The molecule has 0 nitrogen and oxygen atoms in total. The third-order valence-corrected chi connectivity index (χ3v) is 2.97. The van der Waals surface area contributed by atoms with Crippen LogP contribution in [0.25, 0.3) is 10.4 Å². The highest BCUT2D eigenvalue weighted by molar-refractivity contribution is 7.13. The molecule has 0 atom stereocenters. The summed E-state index contributed by atoms with van der Waals surface area (Å²) in [5, 5.41) is 1.46. The predicted molar refractivity (Wildman–Crippen MR) is 54.8 cm³/mol. The number of hydrogen-bond donors (Lipinski definition) is 0. The molecule has 0 saturated carbocycles. The Hall–Kier alpha value is -1.29. The van der Waals surface area contributed by atoms with Crippen molar-refractivity contribution in [1.82, 2.24) is 0 Å². The molecule has 0 aliphatic rings. The van der Waals surface area contributed by atoms with E-state index in [2.05, 4.69) is 0 Å². The fraction of sp³-hybridized carbons (Fsp3) is 0.0909. The number of alkyl halides is 3. The molecule has 0 N–H and O–H groups in total. The van der Waals surface area contributed by atoms with E-state index in [0.29, 0.717) is 5.56 Å². The molecule has 0 unspecified atom stereocenters. The van der Waals surface area contributed by atoms with Crippen molar-refractivity contribution in [3.8, 4) is 10.4 Å². The summed E-state index contributed by atoms with van der Waals surface area (Å²) in [6.07, 6.45) is -4.27. The summed E-state index contributed by atoms with van der Waals surface area (Å²) in [5.74, 6) is 0. The van der Waals surface area contributed by atoms with Gasteiger partial charge in [0.05, 0.1) is 5.56 Å². The van der Waals surface area contributed by atoms with Gasteiger partial charge in [0.15, 0.2) is 0 Å². The molecular weight excluding hydrogens is 221 g/mol. The minimum atomic E-state index is -4.27. The lowest BCUT2D eigenvalue weighted by Gasteiger charge is -2.07. The second kappa shape index (κ2) is 3.70. The topological polar surface area (TPSA) is 0 Å². The lowest BCUT2D eigenvalue weighted by atomic mass is 10.1. The second-order valence-corrected chi connectivity index (χ2v) is 3.94. The van der Waals surface area contributed by atoms with Crippen LogP contribution in [0.1, 0.15) is 5.56 Å². The fourth-order valence-electron chi connectivity index (χ4n) is 1.35. The maximum absolute atomic E-state index is 12.6. The number of rotatable bonds is 1. The van der Waals surface area contributed by atoms with E-state index >= 15 is 0 Å². The molecule has 0 radical (unpaired) electrons. The average Bonchev–Trinajstić information content (AvgIpc) is 2.67. The van der Waals surface area contributed by atoms with Crippen LogP contribution in [-0.2, 0) is 6.18 Å². The molecule has 15 heavy (non-hydrogen) atoms. The van der Waals surface area contributed by atoms with E-state index in [1.54, 1.807) is 30.3 Å². The number of halogens is 3. The van der Waals surface area contributed by atoms with Crippen LogP contribution in [0.4, 0.5) is 13.2 Å². The first kappa shape index (κ1) is 10.2. The van der Waals surface area contributed by atoms with E-state index in [4.69, 9.17) is 0 Å². The van der Waals surface area contributed by atoms with Crippen molar-refractivity contribution in [2.24, 2.45) is 0 Å². The molecule has 0 amide bonds. The van der Waals surface area contributed by atoms with Crippen LogP contribution in [-0.4, -0.2) is 0 Å². The summed E-state index contributed by atoms with van der Waals surface area (Å²) in [5.41, 5.74) is 0.0542. The summed E-state index contributed by atoms with van der Waals surface area (Å²) in [6.45, 7) is 0. The van der Waals surface area contributed by atoms with E-state index in [1.807, 2.05) is 0 Å². The van der Waals surface area contributed by atoms with Crippen LogP contribution < -0.4 is 0 Å². The van der Waals surface area contributed by atoms with Crippen molar-refractivity contribution >= 4 is 11.3 Å². The van der Waals surface area contributed by atoms with Crippen molar-refractivity contribution in [2.75, 3.05) is 0 Å². The highest BCUT2D eigenvalue weighted by Crippen LogP contribution is 2.40. The Morgan fingerprint density at radius 3 is 2.20 bits per heavy atom. The van der Waals surface area contributed by atoms with E-state index in [1.165, 1.54) is 5.38 Å². The highest BCUT2D eigenvalue weighted by atomic mass is 32.1. The van der Waals surface area contributed by atoms with Gasteiger partial charge in [0.2, 0.25) is 0 Å². The Labute approximate surface area is 89.0 Å². The van der Waals surface area contributed by atoms with Gasteiger partial charge in [0.25, 0.3) is 0 Å². The van der Waals surface area contributed by atoms with Crippen molar-refractivity contribution in [3.63, 3.8) is 0 Å². The predicted octanol–water partition coefficient (Wildman–Crippen LogP) is 4.43. The molecule has 0 fully saturated rings. The molecular formula is C11H7F3S. The van der Waals surface area contributed by atoms with Crippen LogP contribution in [0, 0.1) is 0 Å². The molecule has 2 rings (SSSR count). The van der Waals surface area contributed by atoms with Crippen molar-refractivity contribution in [3.05, 3.63) is 47.3 Å². The molecule has 1 aromatic heterocycles. The summed E-state index contributed by atoms with van der Waals surface area (Å²) >= 11 is 1.11. The van der Waals surface area contributed by atoms with Gasteiger partial charge in [-0.2, -0.15) is 13.2 Å². The Morgan fingerprint density at radius 1 is 0.933 bits per heavy atom. The number of thiophene rings is 1. The molecule has 4 heteroatoms. The Kier molecular flexibility index (Phi) is 2.52. The molecule has 1 aromatic carbocycles. The lowest BCUT2D eigenvalue weighted by molar-refractivity contribution is -0.136. The van der Waals surface area contributed by atoms with Crippen molar-refractivity contribution in [1.29, 1.82) is 0 Å². The zero-order valence-corrected chi connectivity index (χ0v) is 8.40. The zero-order chi connectivity index (χ0) is 10.9. The normalized spacial score (nSPS) is 11.7. The average molecular weight is 228 g/mol. The van der Waals surface area contributed by atoms with Gasteiger partial charge in [-0.25, -0.2) is 0 Å². The number of hydrogen-bond acceptors (Lipinski definition) is 1. The molecule has 78 valence electrons. The first-order chi connectivity index (χ1) is 7.09. The quantitative estimate of drug-likeness (QED) is 0.677. The molecule has 1 heterocycles. The summed E-state index contributed by atoms with van der Waals surface area (Å²) in [6, 6.07) is 9.73. The summed E-state index contributed by atoms with van der Waals surface area (Å²) < 4.78 is 37.7. The highest BCUT2D eigenvalue weighted by Gasteiger charge is 2.34. The van der Waals surface area contributed by atoms with Crippen LogP contribution in [0.2, 0.25) is 0 Å². The standard InChI is InChI=1S/C11H7F3S/c12-11(13,14)9-6-7-15-10(9)8-4-2-1-3-5-8/h1-7H. The summed E-state index contributed by atoms with van der Waals surface area (Å²) in [4.78, 5) is 0.281. The molecule has 0 saturated heterocycles. The van der Waals surface area contributed by atoms with Gasteiger partial charge >= 0.3 is 6.18 Å². The van der Waals surface area contributed by atoms with E-state index in [-0.39, 0.29) is 4.88 Å². The van der Waals surface area contributed by atoms with Gasteiger partial charge in [0.1, 0.15) is 0 Å². The lowest BCUT2D eigenvalue weighted by Crippen LogP contribution is -2.04. The monoisotopic (exact) mass is 228 g/mol. The molecule has 0 bridgehead atoms. The van der Waals surface area contributed by atoms with Crippen molar-refractivity contribution in [2.45, 2.75) is 6.18 Å². The molecule has 0 aliphatic carbocycles. The SMILES string of the molecule is FC(F)(F)c1ccsc1-c1ccccc1. The zero-order valence-electron chi connectivity index (χ0n) is 7.58. The first-order valence-corrected chi connectivity index (χ1v) is 5.17. The maximum Gasteiger partial charge on any atom is 0.417 e. The molecule has 2 aromatic rings. The molecule has 0 aliphatic heterocycles. The maximum atomic E-state index is 12.6. The van der Waals surface area contributed by atoms with Gasteiger partial charge in [-0.3, -0.25) is 0 Å². The van der Waals surface area contributed by atoms with E-state index in [9.17, 15) is 13.2 Å². The number of benzene rings is 1. The van der Waals surface area contributed by atoms with Crippen LogP contribution in [0.5, 0.6) is 0 Å². The van der Waals surface area contributed by atoms with E-state index in [0.717, 1.165) is 17.4 Å². The van der Waals surface area contributed by atoms with Gasteiger partial charge < -0.3 is 0 Å². The van der Waals surface area contributed by atoms with Crippen LogP contribution in [0.15, 0.2) is 41.8 Å². The third-order valence-electron chi connectivity index (χ3n) is 2.01. The minimum Gasteiger partial charge on any atom is -0.166 e. The Morgan fingerprint density at radius 2 is 1.60 bits per heavy atom. The largest absolute Gasteiger partial charge is 0.417 e. The van der Waals surface area contributed by atoms with Gasteiger partial charge in [-0.15, -0.1) is 11.3 Å². The molecule has 0 spiro atoms. The Balaban J connectivity index is 2.51. The van der Waals surface area contributed by atoms with Crippen molar-refractivity contribution < 1.29 is 13.2 Å².